The maximum atomic E-state index is 12.9. The molecule has 0 saturated carbocycles. The van der Waals surface area contributed by atoms with E-state index < -0.39 is 0 Å². The second-order valence-corrected chi connectivity index (χ2v) is 6.38. The Morgan fingerprint density at radius 3 is 2.86 bits per heavy atom. The molecule has 124 valence electrons. The molecule has 22 heavy (non-hydrogen) atoms. The summed E-state index contributed by atoms with van der Waals surface area (Å²) in [5.41, 5.74) is 1.66. The van der Waals surface area contributed by atoms with Crippen LogP contribution in [0.15, 0.2) is 6.20 Å². The van der Waals surface area contributed by atoms with Crippen molar-refractivity contribution in [3.8, 4) is 0 Å². The van der Waals surface area contributed by atoms with E-state index in [1.54, 1.807) is 11.1 Å². The first kappa shape index (κ1) is 17.0. The van der Waals surface area contributed by atoms with Crippen molar-refractivity contribution >= 4 is 5.91 Å². The minimum atomic E-state index is -0.295. The molecular formula is C16H27N3O3. The number of carbonyl (C=O) groups is 1. The molecule has 0 aliphatic carbocycles. The maximum absolute atomic E-state index is 12.9. The van der Waals surface area contributed by atoms with Crippen LogP contribution >= 0.6 is 0 Å². The summed E-state index contributed by atoms with van der Waals surface area (Å²) in [5, 5.41) is 13.7. The summed E-state index contributed by atoms with van der Waals surface area (Å²) >= 11 is 0. The third-order valence-electron chi connectivity index (χ3n) is 4.02. The first-order chi connectivity index (χ1) is 10.5. The molecule has 1 saturated heterocycles. The Bertz CT molecular complexity index is 513. The summed E-state index contributed by atoms with van der Waals surface area (Å²) in [5.74, 6) is 0.468. The van der Waals surface area contributed by atoms with Crippen molar-refractivity contribution in [2.75, 3.05) is 19.8 Å². The number of morpholine rings is 1. The van der Waals surface area contributed by atoms with Gasteiger partial charge in [0.1, 0.15) is 0 Å². The van der Waals surface area contributed by atoms with Crippen molar-refractivity contribution in [1.82, 2.24) is 14.7 Å². The maximum Gasteiger partial charge on any atom is 0.257 e. The zero-order valence-corrected chi connectivity index (χ0v) is 14.0. The van der Waals surface area contributed by atoms with Gasteiger partial charge in [-0.1, -0.05) is 20.8 Å². The topological polar surface area (TPSA) is 67.6 Å². The minimum Gasteiger partial charge on any atom is -0.394 e. The lowest BCUT2D eigenvalue weighted by molar-refractivity contribution is -0.0667. The number of hydrogen-bond donors (Lipinski definition) is 1. The average Bonchev–Trinajstić information content (AvgIpc) is 2.89. The Hall–Kier alpha value is -1.40. The average molecular weight is 309 g/mol. The first-order valence-corrected chi connectivity index (χ1v) is 8.06. The van der Waals surface area contributed by atoms with Crippen LogP contribution in [-0.4, -0.2) is 57.6 Å². The van der Waals surface area contributed by atoms with Crippen LogP contribution in [0.1, 0.15) is 43.7 Å². The third kappa shape index (κ3) is 3.50. The molecule has 6 nitrogen and oxygen atoms in total. The quantitative estimate of drug-likeness (QED) is 0.891. The van der Waals surface area contributed by atoms with E-state index in [1.165, 1.54) is 0 Å². The predicted molar refractivity (Wildman–Crippen MR) is 83.8 cm³/mol. The zero-order valence-electron chi connectivity index (χ0n) is 14.0. The van der Waals surface area contributed by atoms with E-state index in [1.807, 2.05) is 18.5 Å². The van der Waals surface area contributed by atoms with Gasteiger partial charge in [-0.25, -0.2) is 0 Å². The molecule has 0 radical (unpaired) electrons. The number of rotatable bonds is 5. The summed E-state index contributed by atoms with van der Waals surface area (Å²) in [7, 11) is 0. The van der Waals surface area contributed by atoms with Crippen molar-refractivity contribution in [3.05, 3.63) is 17.5 Å². The highest BCUT2D eigenvalue weighted by molar-refractivity contribution is 5.95. The van der Waals surface area contributed by atoms with Gasteiger partial charge in [-0.15, -0.1) is 0 Å². The van der Waals surface area contributed by atoms with E-state index in [2.05, 4.69) is 18.9 Å². The van der Waals surface area contributed by atoms with Crippen molar-refractivity contribution in [1.29, 1.82) is 0 Å². The molecule has 2 heterocycles. The van der Waals surface area contributed by atoms with Crippen LogP contribution in [0.5, 0.6) is 0 Å². The Balaban J connectivity index is 2.23. The highest BCUT2D eigenvalue weighted by atomic mass is 16.5. The fourth-order valence-electron chi connectivity index (χ4n) is 2.83. The molecule has 0 spiro atoms. The molecule has 1 N–H and O–H groups in total. The molecular weight excluding hydrogens is 282 g/mol. The van der Waals surface area contributed by atoms with Gasteiger partial charge in [0.25, 0.3) is 5.91 Å². The van der Waals surface area contributed by atoms with Crippen LogP contribution in [0.4, 0.5) is 0 Å². The fourth-order valence-corrected chi connectivity index (χ4v) is 2.83. The predicted octanol–water partition coefficient (Wildman–Crippen LogP) is 1.32. The van der Waals surface area contributed by atoms with E-state index in [9.17, 15) is 9.90 Å². The molecule has 1 fully saturated rings. The molecule has 0 bridgehead atoms. The largest absolute Gasteiger partial charge is 0.394 e. The number of amides is 1. The van der Waals surface area contributed by atoms with Crippen LogP contribution in [0.2, 0.25) is 0 Å². The summed E-state index contributed by atoms with van der Waals surface area (Å²) in [6.45, 7) is 9.92. The number of nitrogens with zero attached hydrogens (tertiary/aromatic N) is 3. The first-order valence-electron chi connectivity index (χ1n) is 8.06. The number of ether oxygens (including phenoxy) is 1. The van der Waals surface area contributed by atoms with Crippen LogP contribution < -0.4 is 0 Å². The third-order valence-corrected chi connectivity index (χ3v) is 4.02. The Labute approximate surface area is 132 Å². The highest BCUT2D eigenvalue weighted by Gasteiger charge is 2.31. The van der Waals surface area contributed by atoms with Gasteiger partial charge >= 0.3 is 0 Å². The highest BCUT2D eigenvalue weighted by Crippen LogP contribution is 2.19. The summed E-state index contributed by atoms with van der Waals surface area (Å²) in [6.07, 6.45) is 2.16. The lowest BCUT2D eigenvalue weighted by Gasteiger charge is -2.37. The lowest BCUT2D eigenvalue weighted by atomic mass is 10.1. The molecule has 2 atom stereocenters. The number of aliphatic hydroxyl groups excluding tert-OH is 1. The second-order valence-electron chi connectivity index (χ2n) is 6.38. The van der Waals surface area contributed by atoms with Crippen molar-refractivity contribution < 1.29 is 14.6 Å². The van der Waals surface area contributed by atoms with Gasteiger partial charge in [-0.3, -0.25) is 9.48 Å². The van der Waals surface area contributed by atoms with Crippen LogP contribution in [-0.2, 0) is 17.7 Å². The second kappa shape index (κ2) is 7.24. The van der Waals surface area contributed by atoms with E-state index in [0.717, 1.165) is 18.7 Å². The van der Waals surface area contributed by atoms with Gasteiger partial charge in [0.15, 0.2) is 0 Å². The molecule has 2 rings (SSSR count). The minimum absolute atomic E-state index is 0.00783. The number of hydrogen-bond acceptors (Lipinski definition) is 4. The van der Waals surface area contributed by atoms with E-state index in [4.69, 9.17) is 4.74 Å². The van der Waals surface area contributed by atoms with Crippen LogP contribution in [0.3, 0.4) is 0 Å². The zero-order chi connectivity index (χ0) is 16.3. The van der Waals surface area contributed by atoms with Gasteiger partial charge in [-0.05, 0) is 19.3 Å². The molecule has 1 aliphatic heterocycles. The molecule has 6 heteroatoms. The molecule has 2 unspecified atom stereocenters. The van der Waals surface area contributed by atoms with E-state index in [-0.39, 0.29) is 24.7 Å². The van der Waals surface area contributed by atoms with Crippen molar-refractivity contribution in [3.63, 3.8) is 0 Å². The van der Waals surface area contributed by atoms with Crippen molar-refractivity contribution in [2.24, 2.45) is 5.92 Å². The fraction of sp³-hybridized carbons (Fsp3) is 0.750. The molecule has 1 aromatic rings. The number of aromatic nitrogens is 2. The van der Waals surface area contributed by atoms with Crippen LogP contribution in [0.25, 0.3) is 0 Å². The summed E-state index contributed by atoms with van der Waals surface area (Å²) < 4.78 is 7.44. The standard InChI is InChI=1S/C16H27N3O3/c1-5-15-14(6-17-19(15)7-11(2)3)16(21)18-8-13(9-20)22-10-12(18)4/h6,11-13,20H,5,7-10H2,1-4H3. The number of carbonyl (C=O) groups excluding carboxylic acids is 1. The Morgan fingerprint density at radius 2 is 2.27 bits per heavy atom. The van der Waals surface area contributed by atoms with Gasteiger partial charge in [-0.2, -0.15) is 5.10 Å². The summed E-state index contributed by atoms with van der Waals surface area (Å²) in [4.78, 5) is 14.7. The van der Waals surface area contributed by atoms with Gasteiger partial charge in [0.05, 0.1) is 42.8 Å². The van der Waals surface area contributed by atoms with Crippen molar-refractivity contribution in [2.45, 2.75) is 52.8 Å². The van der Waals surface area contributed by atoms with Crippen LogP contribution in [0, 0.1) is 5.92 Å². The van der Waals surface area contributed by atoms with Gasteiger partial charge in [0.2, 0.25) is 0 Å². The molecule has 1 aliphatic rings. The normalized spacial score (nSPS) is 22.4. The monoisotopic (exact) mass is 309 g/mol. The van der Waals surface area contributed by atoms with Gasteiger partial charge in [0, 0.05) is 13.1 Å². The smallest absolute Gasteiger partial charge is 0.257 e. The summed E-state index contributed by atoms with van der Waals surface area (Å²) in [6, 6.07) is 0.00783. The van der Waals surface area contributed by atoms with E-state index >= 15 is 0 Å². The lowest BCUT2D eigenvalue weighted by Crippen LogP contribution is -2.52. The number of aliphatic hydroxyl groups is 1. The Kier molecular flexibility index (Phi) is 5.58. The SMILES string of the molecule is CCc1c(C(=O)N2CC(CO)OCC2C)cnn1CC(C)C. The van der Waals surface area contributed by atoms with E-state index in [0.29, 0.717) is 24.6 Å². The van der Waals surface area contributed by atoms with Gasteiger partial charge < -0.3 is 14.7 Å². The molecule has 1 amide bonds. The molecule has 1 aromatic heterocycles. The molecule has 0 aromatic carbocycles. The Morgan fingerprint density at radius 1 is 1.55 bits per heavy atom.